The second-order valence-corrected chi connectivity index (χ2v) is 5.52. The molecule has 4 nitrogen and oxygen atoms in total. The molecule has 1 aliphatic rings. The molecular formula is C12H20N4S. The molecule has 2 heterocycles. The van der Waals surface area contributed by atoms with E-state index in [1.165, 1.54) is 12.2 Å². The zero-order chi connectivity index (χ0) is 12.1. The molecule has 0 amide bonds. The monoisotopic (exact) mass is 252 g/mol. The fourth-order valence-corrected chi connectivity index (χ4v) is 3.12. The highest BCUT2D eigenvalue weighted by atomic mass is 32.2. The van der Waals surface area contributed by atoms with Gasteiger partial charge in [-0.25, -0.2) is 4.98 Å². The van der Waals surface area contributed by atoms with E-state index in [1.54, 1.807) is 0 Å². The molecule has 1 fully saturated rings. The predicted molar refractivity (Wildman–Crippen MR) is 74.9 cm³/mol. The Bertz CT molecular complexity index is 358. The summed E-state index contributed by atoms with van der Waals surface area (Å²) in [6.45, 7) is 7.36. The lowest BCUT2D eigenvalue weighted by molar-refractivity contribution is 0.719. The number of aromatic nitrogens is 2. The first-order valence-corrected chi connectivity index (χ1v) is 7.31. The number of anilines is 2. The van der Waals surface area contributed by atoms with Crippen LogP contribution in [0, 0.1) is 0 Å². The highest BCUT2D eigenvalue weighted by Crippen LogP contribution is 2.24. The summed E-state index contributed by atoms with van der Waals surface area (Å²) in [7, 11) is 0. The fraction of sp³-hybridized carbons (Fsp3) is 0.667. The molecular weight excluding hydrogens is 232 g/mol. The van der Waals surface area contributed by atoms with Crippen molar-refractivity contribution in [3.8, 4) is 0 Å². The van der Waals surface area contributed by atoms with Gasteiger partial charge in [0.1, 0.15) is 5.82 Å². The molecule has 2 rings (SSSR count). The van der Waals surface area contributed by atoms with Crippen molar-refractivity contribution in [2.24, 2.45) is 0 Å². The Morgan fingerprint density at radius 3 is 3.18 bits per heavy atom. The topological polar surface area (TPSA) is 41.1 Å². The van der Waals surface area contributed by atoms with Crippen LogP contribution in [0.5, 0.6) is 0 Å². The largest absolute Gasteiger partial charge is 0.355 e. The molecule has 0 spiro atoms. The molecule has 1 aromatic rings. The summed E-state index contributed by atoms with van der Waals surface area (Å²) in [4.78, 5) is 11.1. The van der Waals surface area contributed by atoms with Gasteiger partial charge < -0.3 is 10.2 Å². The van der Waals surface area contributed by atoms with Crippen LogP contribution >= 0.6 is 11.8 Å². The molecule has 1 saturated heterocycles. The van der Waals surface area contributed by atoms with Gasteiger partial charge in [0.15, 0.2) is 0 Å². The first-order valence-electron chi connectivity index (χ1n) is 6.27. The van der Waals surface area contributed by atoms with Gasteiger partial charge in [0, 0.05) is 36.8 Å². The zero-order valence-electron chi connectivity index (χ0n) is 10.5. The second-order valence-electron chi connectivity index (χ2n) is 4.12. The summed E-state index contributed by atoms with van der Waals surface area (Å²) < 4.78 is 0. The van der Waals surface area contributed by atoms with E-state index in [0.29, 0.717) is 0 Å². The predicted octanol–water partition coefficient (Wildman–Crippen LogP) is 2.24. The summed E-state index contributed by atoms with van der Waals surface area (Å²) in [5.74, 6) is 2.98. The number of hydrogen-bond acceptors (Lipinski definition) is 5. The smallest absolute Gasteiger partial charge is 0.224 e. The first-order chi connectivity index (χ1) is 8.33. The van der Waals surface area contributed by atoms with Gasteiger partial charge in [-0.1, -0.05) is 6.92 Å². The fourth-order valence-electron chi connectivity index (χ4n) is 1.94. The van der Waals surface area contributed by atoms with Crippen LogP contribution in [0.25, 0.3) is 0 Å². The minimum Gasteiger partial charge on any atom is -0.355 e. The summed E-state index contributed by atoms with van der Waals surface area (Å²) in [5.41, 5.74) is 0. The number of rotatable bonds is 4. The van der Waals surface area contributed by atoms with Crippen molar-refractivity contribution >= 4 is 23.5 Å². The van der Waals surface area contributed by atoms with Crippen molar-refractivity contribution in [1.29, 1.82) is 0 Å². The first kappa shape index (κ1) is 12.5. The maximum absolute atomic E-state index is 4.55. The van der Waals surface area contributed by atoms with Gasteiger partial charge in [-0.05, 0) is 19.4 Å². The van der Waals surface area contributed by atoms with Crippen LogP contribution in [0.1, 0.15) is 20.3 Å². The number of nitrogens with zero attached hydrogens (tertiary/aromatic N) is 3. The van der Waals surface area contributed by atoms with Crippen molar-refractivity contribution in [3.05, 3.63) is 12.3 Å². The standard InChI is InChI=1S/C12H20N4S/c1-3-10-9-16(7-8-17-10)11-5-6-14-12(15-11)13-4-2/h5-6,10H,3-4,7-9H2,1-2H3,(H,13,14,15). The molecule has 1 unspecified atom stereocenters. The average molecular weight is 252 g/mol. The lowest BCUT2D eigenvalue weighted by Crippen LogP contribution is -2.38. The van der Waals surface area contributed by atoms with Crippen molar-refractivity contribution in [2.75, 3.05) is 35.6 Å². The Morgan fingerprint density at radius 2 is 2.41 bits per heavy atom. The quantitative estimate of drug-likeness (QED) is 0.890. The van der Waals surface area contributed by atoms with Crippen molar-refractivity contribution < 1.29 is 0 Å². The maximum Gasteiger partial charge on any atom is 0.224 e. The van der Waals surface area contributed by atoms with E-state index in [0.717, 1.165) is 36.7 Å². The molecule has 1 aliphatic heterocycles. The summed E-state index contributed by atoms with van der Waals surface area (Å²) >= 11 is 2.08. The number of hydrogen-bond donors (Lipinski definition) is 1. The summed E-state index contributed by atoms with van der Waals surface area (Å²) in [6, 6.07) is 2.00. The van der Waals surface area contributed by atoms with Crippen molar-refractivity contribution in [1.82, 2.24) is 9.97 Å². The highest BCUT2D eigenvalue weighted by molar-refractivity contribution is 8.00. The minimum absolute atomic E-state index is 0.733. The lowest BCUT2D eigenvalue weighted by Gasteiger charge is -2.32. The average Bonchev–Trinajstić information content (AvgIpc) is 2.40. The van der Waals surface area contributed by atoms with Gasteiger partial charge >= 0.3 is 0 Å². The zero-order valence-corrected chi connectivity index (χ0v) is 11.3. The Balaban J connectivity index is 2.07. The van der Waals surface area contributed by atoms with E-state index < -0.39 is 0 Å². The highest BCUT2D eigenvalue weighted by Gasteiger charge is 2.20. The van der Waals surface area contributed by atoms with Crippen LogP contribution in [0.4, 0.5) is 11.8 Å². The van der Waals surface area contributed by atoms with E-state index in [1.807, 2.05) is 12.3 Å². The molecule has 17 heavy (non-hydrogen) atoms. The molecule has 0 aromatic carbocycles. The van der Waals surface area contributed by atoms with E-state index in [4.69, 9.17) is 0 Å². The van der Waals surface area contributed by atoms with Gasteiger partial charge in [-0.2, -0.15) is 16.7 Å². The second kappa shape index (κ2) is 6.10. The number of nitrogens with one attached hydrogen (secondary N) is 1. The third kappa shape index (κ3) is 3.25. The molecule has 94 valence electrons. The number of thioether (sulfide) groups is 1. The van der Waals surface area contributed by atoms with E-state index in [-0.39, 0.29) is 0 Å². The molecule has 1 N–H and O–H groups in total. The van der Waals surface area contributed by atoms with Crippen LogP contribution in [0.3, 0.4) is 0 Å². The minimum atomic E-state index is 0.733. The molecule has 1 aromatic heterocycles. The molecule has 0 aliphatic carbocycles. The Hall–Kier alpha value is -0.970. The van der Waals surface area contributed by atoms with Gasteiger partial charge in [0.05, 0.1) is 0 Å². The third-order valence-corrected chi connectivity index (χ3v) is 4.27. The van der Waals surface area contributed by atoms with Gasteiger partial charge in [-0.3, -0.25) is 0 Å². The summed E-state index contributed by atoms with van der Waals surface area (Å²) in [6.07, 6.45) is 3.06. The molecule has 0 radical (unpaired) electrons. The Labute approximate surface area is 107 Å². The van der Waals surface area contributed by atoms with Crippen molar-refractivity contribution in [3.63, 3.8) is 0 Å². The third-order valence-electron chi connectivity index (χ3n) is 2.89. The molecule has 0 bridgehead atoms. The van der Waals surface area contributed by atoms with Gasteiger partial charge in [0.2, 0.25) is 5.95 Å². The van der Waals surface area contributed by atoms with Crippen LogP contribution in [0.2, 0.25) is 0 Å². The molecule has 0 saturated carbocycles. The SMILES string of the molecule is CCNc1nccc(N2CCSC(CC)C2)n1. The van der Waals surface area contributed by atoms with Crippen molar-refractivity contribution in [2.45, 2.75) is 25.5 Å². The Morgan fingerprint density at radius 1 is 1.53 bits per heavy atom. The van der Waals surface area contributed by atoms with Gasteiger partial charge in [0.25, 0.3) is 0 Å². The van der Waals surface area contributed by atoms with Crippen LogP contribution < -0.4 is 10.2 Å². The summed E-state index contributed by atoms with van der Waals surface area (Å²) in [5, 5.41) is 3.90. The Kier molecular flexibility index (Phi) is 4.48. The maximum atomic E-state index is 4.55. The van der Waals surface area contributed by atoms with Crippen LogP contribution in [-0.2, 0) is 0 Å². The van der Waals surface area contributed by atoms with Crippen LogP contribution in [-0.4, -0.2) is 40.6 Å². The van der Waals surface area contributed by atoms with Crippen LogP contribution in [0.15, 0.2) is 12.3 Å². The van der Waals surface area contributed by atoms with E-state index in [2.05, 4.69) is 45.8 Å². The van der Waals surface area contributed by atoms with E-state index in [9.17, 15) is 0 Å². The molecule has 5 heteroatoms. The normalized spacial score (nSPS) is 20.4. The lowest BCUT2D eigenvalue weighted by atomic mass is 10.3. The molecule has 1 atom stereocenters. The van der Waals surface area contributed by atoms with E-state index >= 15 is 0 Å². The van der Waals surface area contributed by atoms with Gasteiger partial charge in [-0.15, -0.1) is 0 Å².